The minimum absolute atomic E-state index is 0.00305. The maximum absolute atomic E-state index is 12.1. The molecule has 0 spiro atoms. The molecule has 3 nitrogen and oxygen atoms in total. The van der Waals surface area contributed by atoms with E-state index in [-0.39, 0.29) is 12.5 Å². The molecule has 0 bridgehead atoms. The Morgan fingerprint density at radius 2 is 2.24 bits per heavy atom. The summed E-state index contributed by atoms with van der Waals surface area (Å²) in [6.45, 7) is -0.00305. The van der Waals surface area contributed by atoms with Crippen LogP contribution in [0.4, 0.5) is 0 Å². The molecule has 1 aliphatic rings. The summed E-state index contributed by atoms with van der Waals surface area (Å²) in [5, 5.41) is 12.2. The molecule has 1 amide bonds. The van der Waals surface area contributed by atoms with Crippen LogP contribution in [0.3, 0.4) is 0 Å². The number of benzene rings is 1. The van der Waals surface area contributed by atoms with Crippen LogP contribution in [0.5, 0.6) is 0 Å². The van der Waals surface area contributed by atoms with E-state index in [4.69, 9.17) is 0 Å². The van der Waals surface area contributed by atoms with E-state index in [0.29, 0.717) is 5.56 Å². The average molecular weight is 316 g/mol. The van der Waals surface area contributed by atoms with Gasteiger partial charge >= 0.3 is 0 Å². The molecule has 1 aromatic carbocycles. The zero-order valence-corrected chi connectivity index (χ0v) is 11.7. The predicted molar refractivity (Wildman–Crippen MR) is 72.5 cm³/mol. The monoisotopic (exact) mass is 315 g/mol. The molecular weight excluding hydrogens is 302 g/mol. The topological polar surface area (TPSA) is 49.3 Å². The maximum atomic E-state index is 12.1. The van der Waals surface area contributed by atoms with E-state index in [0.717, 1.165) is 28.6 Å². The quantitative estimate of drug-likeness (QED) is 0.750. The fourth-order valence-corrected chi connectivity index (χ4v) is 2.55. The van der Waals surface area contributed by atoms with Crippen molar-refractivity contribution in [2.75, 3.05) is 6.61 Å². The van der Waals surface area contributed by atoms with Crippen LogP contribution in [0.25, 0.3) is 0 Å². The van der Waals surface area contributed by atoms with Gasteiger partial charge in [0, 0.05) is 9.37 Å². The lowest BCUT2D eigenvalue weighted by atomic mass is 9.77. The summed E-state index contributed by atoms with van der Waals surface area (Å²) in [6, 6.07) is 5.32. The molecule has 5 heteroatoms. The first kappa shape index (κ1) is 12.9. The summed E-state index contributed by atoms with van der Waals surface area (Å²) in [6.07, 6.45) is 2.73. The number of thiol groups is 1. The van der Waals surface area contributed by atoms with Crippen LogP contribution in [0, 0.1) is 0 Å². The molecule has 2 rings (SSSR count). The molecule has 1 aromatic rings. The number of nitrogens with one attached hydrogen (secondary N) is 1. The van der Waals surface area contributed by atoms with Crippen LogP contribution in [-0.2, 0) is 0 Å². The lowest BCUT2D eigenvalue weighted by Gasteiger charge is -2.41. The highest BCUT2D eigenvalue weighted by molar-refractivity contribution is 9.10. The van der Waals surface area contributed by atoms with Gasteiger partial charge in [-0.15, -0.1) is 12.6 Å². The smallest absolute Gasteiger partial charge is 0.252 e. The van der Waals surface area contributed by atoms with Crippen molar-refractivity contribution >= 4 is 34.5 Å². The fourth-order valence-electron chi connectivity index (χ4n) is 1.92. The van der Waals surface area contributed by atoms with Crippen LogP contribution in [-0.4, -0.2) is 23.2 Å². The Bertz CT molecular complexity index is 441. The average Bonchev–Trinajstić information content (AvgIpc) is 2.26. The fraction of sp³-hybridized carbons (Fsp3) is 0.417. The highest BCUT2D eigenvalue weighted by Crippen LogP contribution is 2.32. The second-order valence-corrected chi connectivity index (χ2v) is 5.78. The van der Waals surface area contributed by atoms with Crippen LogP contribution in [0.2, 0.25) is 0 Å². The number of amides is 1. The Morgan fingerprint density at radius 3 is 2.76 bits per heavy atom. The summed E-state index contributed by atoms with van der Waals surface area (Å²) >= 11 is 7.56. The largest absolute Gasteiger partial charge is 0.394 e. The zero-order valence-electron chi connectivity index (χ0n) is 9.24. The molecule has 17 heavy (non-hydrogen) atoms. The SMILES string of the molecule is O=C(NC1(CO)CCC1)c1cc(S)ccc1Br. The molecule has 0 unspecified atom stereocenters. The summed E-state index contributed by atoms with van der Waals surface area (Å²) in [5.74, 6) is -0.165. The summed E-state index contributed by atoms with van der Waals surface area (Å²) in [5.41, 5.74) is 0.139. The van der Waals surface area contributed by atoms with Gasteiger partial charge in [-0.1, -0.05) is 0 Å². The van der Waals surface area contributed by atoms with E-state index in [1.54, 1.807) is 12.1 Å². The molecular formula is C12H14BrNO2S. The number of rotatable bonds is 3. The number of carbonyl (C=O) groups is 1. The van der Waals surface area contributed by atoms with Gasteiger partial charge in [-0.05, 0) is 53.4 Å². The Hall–Kier alpha value is -0.520. The number of aliphatic hydroxyl groups is 1. The van der Waals surface area contributed by atoms with Gasteiger partial charge in [0.1, 0.15) is 0 Å². The van der Waals surface area contributed by atoms with Crippen LogP contribution in [0.15, 0.2) is 27.6 Å². The number of aliphatic hydroxyl groups excluding tert-OH is 1. The van der Waals surface area contributed by atoms with Crippen molar-refractivity contribution in [2.45, 2.75) is 29.7 Å². The van der Waals surface area contributed by atoms with E-state index >= 15 is 0 Å². The lowest BCUT2D eigenvalue weighted by molar-refractivity contribution is 0.0641. The highest BCUT2D eigenvalue weighted by Gasteiger charge is 2.38. The van der Waals surface area contributed by atoms with Crippen LogP contribution < -0.4 is 5.32 Å². The first-order chi connectivity index (χ1) is 8.06. The number of halogens is 1. The van der Waals surface area contributed by atoms with Gasteiger partial charge in [-0.3, -0.25) is 4.79 Å². The van der Waals surface area contributed by atoms with E-state index in [9.17, 15) is 9.90 Å². The van der Waals surface area contributed by atoms with Crippen LogP contribution in [0.1, 0.15) is 29.6 Å². The molecule has 1 fully saturated rings. The van der Waals surface area contributed by atoms with Crippen molar-refractivity contribution in [3.63, 3.8) is 0 Å². The minimum atomic E-state index is -0.414. The first-order valence-electron chi connectivity index (χ1n) is 5.48. The Kier molecular flexibility index (Phi) is 3.80. The van der Waals surface area contributed by atoms with Gasteiger partial charge in [0.05, 0.1) is 17.7 Å². The third-order valence-corrected chi connectivity index (χ3v) is 4.16. The third kappa shape index (κ3) is 2.67. The van der Waals surface area contributed by atoms with E-state index < -0.39 is 5.54 Å². The second-order valence-electron chi connectivity index (χ2n) is 4.41. The zero-order chi connectivity index (χ0) is 12.5. The Labute approximate surface area is 114 Å². The second kappa shape index (κ2) is 5.00. The van der Waals surface area contributed by atoms with Gasteiger partial charge in [0.2, 0.25) is 0 Å². The van der Waals surface area contributed by atoms with Crippen molar-refractivity contribution < 1.29 is 9.90 Å². The van der Waals surface area contributed by atoms with E-state index in [1.807, 2.05) is 6.07 Å². The van der Waals surface area contributed by atoms with Gasteiger partial charge in [-0.2, -0.15) is 0 Å². The van der Waals surface area contributed by atoms with E-state index in [1.165, 1.54) is 0 Å². The first-order valence-corrected chi connectivity index (χ1v) is 6.72. The van der Waals surface area contributed by atoms with Gasteiger partial charge in [0.25, 0.3) is 5.91 Å². The van der Waals surface area contributed by atoms with Crippen molar-refractivity contribution in [1.82, 2.24) is 5.32 Å². The molecule has 0 saturated heterocycles. The molecule has 0 radical (unpaired) electrons. The molecule has 1 saturated carbocycles. The normalized spacial score (nSPS) is 17.4. The standard InChI is InChI=1S/C12H14BrNO2S/c13-10-3-2-8(17)6-9(10)11(16)14-12(7-15)4-1-5-12/h2-3,6,15,17H,1,4-5,7H2,(H,14,16). The molecule has 92 valence electrons. The third-order valence-electron chi connectivity index (χ3n) is 3.19. The van der Waals surface area contributed by atoms with Gasteiger partial charge in [-0.25, -0.2) is 0 Å². The van der Waals surface area contributed by atoms with Crippen molar-refractivity contribution in [3.8, 4) is 0 Å². The number of carbonyl (C=O) groups excluding carboxylic acids is 1. The van der Waals surface area contributed by atoms with Crippen molar-refractivity contribution in [2.24, 2.45) is 0 Å². The summed E-state index contributed by atoms with van der Waals surface area (Å²) in [7, 11) is 0. The van der Waals surface area contributed by atoms with Crippen molar-refractivity contribution in [3.05, 3.63) is 28.2 Å². The molecule has 2 N–H and O–H groups in total. The van der Waals surface area contributed by atoms with Crippen LogP contribution >= 0.6 is 28.6 Å². The molecule has 0 aliphatic heterocycles. The highest BCUT2D eigenvalue weighted by atomic mass is 79.9. The van der Waals surface area contributed by atoms with Gasteiger partial charge in [0.15, 0.2) is 0 Å². The maximum Gasteiger partial charge on any atom is 0.252 e. The summed E-state index contributed by atoms with van der Waals surface area (Å²) in [4.78, 5) is 12.8. The molecule has 1 aliphatic carbocycles. The predicted octanol–water partition coefficient (Wildman–Crippen LogP) is 2.38. The van der Waals surface area contributed by atoms with E-state index in [2.05, 4.69) is 33.9 Å². The Balaban J connectivity index is 2.17. The molecule has 0 heterocycles. The van der Waals surface area contributed by atoms with Crippen molar-refractivity contribution in [1.29, 1.82) is 0 Å². The minimum Gasteiger partial charge on any atom is -0.394 e. The number of hydrogen-bond donors (Lipinski definition) is 3. The summed E-state index contributed by atoms with van der Waals surface area (Å²) < 4.78 is 0.736. The number of hydrogen-bond acceptors (Lipinski definition) is 3. The van der Waals surface area contributed by atoms with Gasteiger partial charge < -0.3 is 10.4 Å². The Morgan fingerprint density at radius 1 is 1.53 bits per heavy atom. The molecule has 0 atom stereocenters. The molecule has 0 aromatic heterocycles. The lowest BCUT2D eigenvalue weighted by Crippen LogP contribution is -2.56.